The maximum absolute atomic E-state index is 12.7. The first-order chi connectivity index (χ1) is 11.2. The molecule has 1 N–H and O–H groups in total. The summed E-state index contributed by atoms with van der Waals surface area (Å²) in [4.78, 5) is 17.3. The molecule has 0 spiro atoms. The minimum absolute atomic E-state index is 0. The van der Waals surface area contributed by atoms with Gasteiger partial charge in [0.25, 0.3) is 0 Å². The summed E-state index contributed by atoms with van der Waals surface area (Å²) in [6.07, 6.45) is 4.43. The van der Waals surface area contributed by atoms with Crippen LogP contribution in [0.4, 0.5) is 0 Å². The first kappa shape index (κ1) is 22.2. The van der Waals surface area contributed by atoms with Crippen LogP contribution in [0.3, 0.4) is 0 Å². The summed E-state index contributed by atoms with van der Waals surface area (Å²) in [5.74, 6) is 0.318. The largest absolute Gasteiger partial charge is 0.340 e. The van der Waals surface area contributed by atoms with Crippen LogP contribution in [0.5, 0.6) is 0 Å². The van der Waals surface area contributed by atoms with E-state index in [1.807, 2.05) is 0 Å². The van der Waals surface area contributed by atoms with Crippen molar-refractivity contribution in [1.29, 1.82) is 0 Å². The topological polar surface area (TPSA) is 35.6 Å². The van der Waals surface area contributed by atoms with Crippen molar-refractivity contribution in [3.63, 3.8) is 0 Å². The highest BCUT2D eigenvalue weighted by Crippen LogP contribution is 2.17. The molecule has 25 heavy (non-hydrogen) atoms. The lowest BCUT2D eigenvalue weighted by Gasteiger charge is -2.29. The fraction of sp³-hybridized carbons (Fsp3) is 0.632. The molecule has 1 aromatic rings. The highest BCUT2D eigenvalue weighted by atomic mass is 35.5. The van der Waals surface area contributed by atoms with Crippen molar-refractivity contribution in [3.8, 4) is 0 Å². The monoisotopic (exact) mass is 387 g/mol. The van der Waals surface area contributed by atoms with Crippen LogP contribution >= 0.6 is 24.8 Å². The highest BCUT2D eigenvalue weighted by Gasteiger charge is 2.28. The summed E-state index contributed by atoms with van der Waals surface area (Å²) in [6, 6.07) is 11.2. The van der Waals surface area contributed by atoms with E-state index in [0.29, 0.717) is 11.9 Å². The molecular weight excluding hydrogens is 357 g/mol. The lowest BCUT2D eigenvalue weighted by Crippen LogP contribution is -2.49. The van der Waals surface area contributed by atoms with Gasteiger partial charge in [-0.2, -0.15) is 0 Å². The van der Waals surface area contributed by atoms with Gasteiger partial charge in [-0.15, -0.1) is 24.8 Å². The number of rotatable bonds is 3. The van der Waals surface area contributed by atoms with Gasteiger partial charge in [0, 0.05) is 32.2 Å². The lowest BCUT2D eigenvalue weighted by molar-refractivity contribution is -0.133. The smallest absolute Gasteiger partial charge is 0.239 e. The molecule has 0 aliphatic carbocycles. The van der Waals surface area contributed by atoms with Crippen LogP contribution < -0.4 is 5.32 Å². The van der Waals surface area contributed by atoms with E-state index in [-0.39, 0.29) is 30.9 Å². The van der Waals surface area contributed by atoms with Crippen molar-refractivity contribution in [2.45, 2.75) is 51.2 Å². The Morgan fingerprint density at radius 1 is 1.08 bits per heavy atom. The van der Waals surface area contributed by atoms with E-state index in [9.17, 15) is 4.79 Å². The Labute approximate surface area is 164 Å². The SMILES string of the molecule is CC1CCN(C(=O)[C@H]2CCCCN2)CCN1Cc1ccccc1.Cl.Cl. The van der Waals surface area contributed by atoms with Gasteiger partial charge in [0.15, 0.2) is 0 Å². The molecule has 3 rings (SSSR count). The zero-order valence-electron chi connectivity index (χ0n) is 15.0. The second-order valence-corrected chi connectivity index (χ2v) is 6.92. The van der Waals surface area contributed by atoms with Crippen LogP contribution in [-0.4, -0.2) is 54.0 Å². The molecule has 2 aliphatic rings. The van der Waals surface area contributed by atoms with Crippen molar-refractivity contribution < 1.29 is 4.79 Å². The van der Waals surface area contributed by atoms with Crippen LogP contribution in [0.15, 0.2) is 30.3 Å². The highest BCUT2D eigenvalue weighted by molar-refractivity contribution is 5.85. The standard InChI is InChI=1S/C19H29N3O.2ClH/c1-16-10-12-21(19(23)18-9-5-6-11-20-18)13-14-22(16)15-17-7-3-2-4-8-17;;/h2-4,7-8,16,18,20H,5-6,9-15H2,1H3;2*1H/t16?,18-;;/m1../s1. The minimum Gasteiger partial charge on any atom is -0.340 e. The molecule has 2 heterocycles. The van der Waals surface area contributed by atoms with Crippen molar-refractivity contribution >= 4 is 30.7 Å². The van der Waals surface area contributed by atoms with Gasteiger partial charge in [0.2, 0.25) is 5.91 Å². The van der Waals surface area contributed by atoms with Gasteiger partial charge in [-0.1, -0.05) is 36.8 Å². The van der Waals surface area contributed by atoms with Gasteiger partial charge < -0.3 is 10.2 Å². The van der Waals surface area contributed by atoms with Crippen molar-refractivity contribution in [2.75, 3.05) is 26.2 Å². The number of hydrogen-bond acceptors (Lipinski definition) is 3. The van der Waals surface area contributed by atoms with Crippen molar-refractivity contribution in [3.05, 3.63) is 35.9 Å². The summed E-state index contributed by atoms with van der Waals surface area (Å²) >= 11 is 0. The molecule has 6 heteroatoms. The number of hydrogen-bond donors (Lipinski definition) is 1. The van der Waals surface area contributed by atoms with Crippen LogP contribution in [0, 0.1) is 0 Å². The number of carbonyl (C=O) groups excluding carboxylic acids is 1. The average Bonchev–Trinajstić information content (AvgIpc) is 2.78. The molecule has 142 valence electrons. The van der Waals surface area contributed by atoms with Crippen LogP contribution in [0.2, 0.25) is 0 Å². The molecule has 0 radical (unpaired) electrons. The predicted molar refractivity (Wildman–Crippen MR) is 108 cm³/mol. The Kier molecular flexibility index (Phi) is 9.80. The van der Waals surface area contributed by atoms with E-state index < -0.39 is 0 Å². The zero-order chi connectivity index (χ0) is 16.1. The first-order valence-electron chi connectivity index (χ1n) is 9.04. The Morgan fingerprint density at radius 2 is 1.84 bits per heavy atom. The summed E-state index contributed by atoms with van der Waals surface area (Å²) in [5, 5.41) is 3.39. The third-order valence-corrected chi connectivity index (χ3v) is 5.25. The fourth-order valence-electron chi connectivity index (χ4n) is 3.66. The quantitative estimate of drug-likeness (QED) is 0.865. The second-order valence-electron chi connectivity index (χ2n) is 6.92. The van der Waals surface area contributed by atoms with Crippen molar-refractivity contribution in [2.24, 2.45) is 0 Å². The Bertz CT molecular complexity index is 509. The van der Waals surface area contributed by atoms with E-state index in [1.54, 1.807) is 0 Å². The number of nitrogens with one attached hydrogen (secondary N) is 1. The Morgan fingerprint density at radius 3 is 2.52 bits per heavy atom. The third-order valence-electron chi connectivity index (χ3n) is 5.25. The molecule has 0 aromatic heterocycles. The molecule has 2 aliphatic heterocycles. The van der Waals surface area contributed by atoms with Crippen LogP contribution in [0.1, 0.15) is 38.2 Å². The Hall–Kier alpha value is -0.810. The summed E-state index contributed by atoms with van der Waals surface area (Å²) in [5.41, 5.74) is 1.35. The first-order valence-corrected chi connectivity index (χ1v) is 9.04. The van der Waals surface area contributed by atoms with Gasteiger partial charge in [-0.05, 0) is 38.3 Å². The van der Waals surface area contributed by atoms with E-state index in [4.69, 9.17) is 0 Å². The average molecular weight is 388 g/mol. The van der Waals surface area contributed by atoms with Gasteiger partial charge in [0.1, 0.15) is 0 Å². The third kappa shape index (κ3) is 6.14. The number of halogens is 2. The maximum atomic E-state index is 12.7. The molecule has 1 aromatic carbocycles. The number of piperidine rings is 1. The fourth-order valence-corrected chi connectivity index (χ4v) is 3.66. The molecule has 2 fully saturated rings. The van der Waals surface area contributed by atoms with Gasteiger partial charge in [-0.3, -0.25) is 9.69 Å². The maximum Gasteiger partial charge on any atom is 0.239 e. The van der Waals surface area contributed by atoms with Crippen LogP contribution in [0.25, 0.3) is 0 Å². The second kappa shape index (κ2) is 11.0. The molecular formula is C19H31Cl2N3O. The summed E-state index contributed by atoms with van der Waals surface area (Å²) < 4.78 is 0. The lowest BCUT2D eigenvalue weighted by atomic mass is 10.0. The summed E-state index contributed by atoms with van der Waals surface area (Å²) in [7, 11) is 0. The van der Waals surface area contributed by atoms with Gasteiger partial charge in [-0.25, -0.2) is 0 Å². The van der Waals surface area contributed by atoms with Gasteiger partial charge in [0.05, 0.1) is 6.04 Å². The molecule has 2 atom stereocenters. The van der Waals surface area contributed by atoms with Crippen molar-refractivity contribution in [1.82, 2.24) is 15.1 Å². The van der Waals surface area contributed by atoms with Gasteiger partial charge >= 0.3 is 0 Å². The number of amides is 1. The van der Waals surface area contributed by atoms with Crippen LogP contribution in [-0.2, 0) is 11.3 Å². The zero-order valence-corrected chi connectivity index (χ0v) is 16.7. The number of nitrogens with zero attached hydrogens (tertiary/aromatic N) is 2. The Balaban J connectivity index is 0.00000156. The van der Waals surface area contributed by atoms with E-state index >= 15 is 0 Å². The number of carbonyl (C=O) groups is 1. The van der Waals surface area contributed by atoms with E-state index in [0.717, 1.165) is 45.6 Å². The molecule has 0 saturated carbocycles. The molecule has 1 amide bonds. The minimum atomic E-state index is 0. The normalized spacial score (nSPS) is 24.6. The van der Waals surface area contributed by atoms with E-state index in [1.165, 1.54) is 18.4 Å². The summed E-state index contributed by atoms with van der Waals surface area (Å²) in [6.45, 7) is 6.97. The molecule has 0 bridgehead atoms. The molecule has 2 saturated heterocycles. The molecule has 4 nitrogen and oxygen atoms in total. The number of benzene rings is 1. The predicted octanol–water partition coefficient (Wildman–Crippen LogP) is 3.10. The van der Waals surface area contributed by atoms with E-state index in [2.05, 4.69) is 52.4 Å². The molecule has 1 unspecified atom stereocenters.